The highest BCUT2D eigenvalue weighted by Gasteiger charge is 2.25. The van der Waals surface area contributed by atoms with E-state index in [0.717, 1.165) is 4.31 Å². The Morgan fingerprint density at radius 3 is 2.27 bits per heavy atom. The number of sulfonamides is 1. The highest BCUT2D eigenvalue weighted by Crippen LogP contribution is 2.26. The summed E-state index contributed by atoms with van der Waals surface area (Å²) in [6.07, 6.45) is 0. The fraction of sp³-hybridized carbons (Fsp3) is 0.0909. The quantitative estimate of drug-likeness (QED) is 0.611. The van der Waals surface area contributed by atoms with E-state index in [1.54, 1.807) is 54.6 Å². The number of nitrogens with one attached hydrogen (secondary N) is 1. The van der Waals surface area contributed by atoms with Crippen LogP contribution in [0.4, 0.5) is 11.4 Å². The van der Waals surface area contributed by atoms with Crippen molar-refractivity contribution < 1.29 is 22.7 Å². The molecule has 1 amide bonds. The van der Waals surface area contributed by atoms with Crippen molar-refractivity contribution >= 4 is 33.3 Å². The molecule has 0 spiro atoms. The van der Waals surface area contributed by atoms with Crippen LogP contribution in [-0.2, 0) is 14.8 Å². The molecule has 3 aromatic carbocycles. The summed E-state index contributed by atoms with van der Waals surface area (Å²) < 4.78 is 31.7. The minimum atomic E-state index is -3.85. The van der Waals surface area contributed by atoms with Gasteiger partial charge >= 0.3 is 5.97 Å². The molecule has 0 aromatic heterocycles. The maximum absolute atomic E-state index is 13.0. The van der Waals surface area contributed by atoms with Crippen molar-refractivity contribution in [2.24, 2.45) is 0 Å². The number of carbonyl (C=O) groups excluding carboxylic acids is 2. The van der Waals surface area contributed by atoms with Gasteiger partial charge in [-0.2, -0.15) is 0 Å². The van der Waals surface area contributed by atoms with Gasteiger partial charge in [0.1, 0.15) is 0 Å². The average molecular weight is 424 g/mol. The molecule has 0 atom stereocenters. The molecule has 154 valence electrons. The molecule has 0 aliphatic carbocycles. The first kappa shape index (κ1) is 21.1. The first-order valence-corrected chi connectivity index (χ1v) is 10.4. The maximum Gasteiger partial charge on any atom is 0.337 e. The van der Waals surface area contributed by atoms with Crippen LogP contribution in [0.5, 0.6) is 0 Å². The van der Waals surface area contributed by atoms with Gasteiger partial charge in [-0.05, 0) is 42.5 Å². The summed E-state index contributed by atoms with van der Waals surface area (Å²) in [5, 5.41) is 2.70. The second-order valence-corrected chi connectivity index (χ2v) is 8.30. The molecule has 3 aromatic rings. The summed E-state index contributed by atoms with van der Waals surface area (Å²) in [7, 11) is -1.18. The second kappa shape index (κ2) is 8.79. The first-order chi connectivity index (χ1) is 14.3. The van der Waals surface area contributed by atoms with Crippen LogP contribution in [0.3, 0.4) is 0 Å². The molecule has 8 heteroatoms. The standard InChI is InChI=1S/C22H20N2O5S/c1-24(30(27,28)18-11-4-3-5-12-18)20-14-7-6-13-19(20)21(25)23-17-10-8-9-16(15-17)22(26)29-2/h3-15H,1-2H3,(H,23,25). The molecule has 7 nitrogen and oxygen atoms in total. The number of hydrogen-bond acceptors (Lipinski definition) is 5. The average Bonchev–Trinajstić information content (AvgIpc) is 2.78. The predicted octanol–water partition coefficient (Wildman–Crippen LogP) is 3.55. The summed E-state index contributed by atoms with van der Waals surface area (Å²) in [4.78, 5) is 24.7. The van der Waals surface area contributed by atoms with Gasteiger partial charge in [0, 0.05) is 12.7 Å². The Balaban J connectivity index is 1.92. The van der Waals surface area contributed by atoms with Crippen molar-refractivity contribution in [3.63, 3.8) is 0 Å². The lowest BCUT2D eigenvalue weighted by atomic mass is 10.1. The lowest BCUT2D eigenvalue weighted by Crippen LogP contribution is -2.29. The van der Waals surface area contributed by atoms with Crippen LogP contribution in [0.15, 0.2) is 83.8 Å². The number of hydrogen-bond donors (Lipinski definition) is 1. The number of para-hydroxylation sites is 1. The van der Waals surface area contributed by atoms with Crippen molar-refractivity contribution in [1.29, 1.82) is 0 Å². The zero-order chi connectivity index (χ0) is 21.7. The van der Waals surface area contributed by atoms with Gasteiger partial charge in [-0.15, -0.1) is 0 Å². The Morgan fingerprint density at radius 1 is 0.900 bits per heavy atom. The van der Waals surface area contributed by atoms with E-state index in [9.17, 15) is 18.0 Å². The van der Waals surface area contributed by atoms with Crippen molar-refractivity contribution in [2.45, 2.75) is 4.90 Å². The highest BCUT2D eigenvalue weighted by atomic mass is 32.2. The summed E-state index contributed by atoms with van der Waals surface area (Å²) in [5.41, 5.74) is 1.06. The maximum atomic E-state index is 13.0. The zero-order valence-electron chi connectivity index (χ0n) is 16.4. The number of nitrogens with zero attached hydrogens (tertiary/aromatic N) is 1. The Labute approximate surface area is 175 Å². The van der Waals surface area contributed by atoms with E-state index in [2.05, 4.69) is 10.1 Å². The van der Waals surface area contributed by atoms with Gasteiger partial charge in [-0.3, -0.25) is 9.10 Å². The fourth-order valence-corrected chi connectivity index (χ4v) is 4.10. The third-order valence-electron chi connectivity index (χ3n) is 4.43. The van der Waals surface area contributed by atoms with E-state index in [-0.39, 0.29) is 21.7 Å². The SMILES string of the molecule is COC(=O)c1cccc(NC(=O)c2ccccc2N(C)S(=O)(=O)c2ccccc2)c1. The van der Waals surface area contributed by atoms with Gasteiger partial charge in [-0.25, -0.2) is 13.2 Å². The minimum absolute atomic E-state index is 0.119. The van der Waals surface area contributed by atoms with E-state index in [1.165, 1.54) is 38.4 Å². The van der Waals surface area contributed by atoms with E-state index >= 15 is 0 Å². The Bertz CT molecular complexity index is 1180. The lowest BCUT2D eigenvalue weighted by molar-refractivity contribution is 0.0600. The van der Waals surface area contributed by atoms with E-state index in [0.29, 0.717) is 5.69 Å². The molecule has 0 aliphatic rings. The molecule has 1 N–H and O–H groups in total. The van der Waals surface area contributed by atoms with E-state index in [1.807, 2.05) is 0 Å². The number of amides is 1. The van der Waals surface area contributed by atoms with E-state index < -0.39 is 21.9 Å². The summed E-state index contributed by atoms with van der Waals surface area (Å²) in [5.74, 6) is -1.04. The number of benzene rings is 3. The Kier molecular flexibility index (Phi) is 6.17. The highest BCUT2D eigenvalue weighted by molar-refractivity contribution is 7.92. The van der Waals surface area contributed by atoms with E-state index in [4.69, 9.17) is 0 Å². The predicted molar refractivity (Wildman–Crippen MR) is 114 cm³/mol. The van der Waals surface area contributed by atoms with Crippen LogP contribution in [0, 0.1) is 0 Å². The molecule has 0 heterocycles. The molecule has 0 radical (unpaired) electrons. The third-order valence-corrected chi connectivity index (χ3v) is 6.22. The van der Waals surface area contributed by atoms with Crippen molar-refractivity contribution in [3.05, 3.63) is 90.0 Å². The molecule has 0 unspecified atom stereocenters. The topological polar surface area (TPSA) is 92.8 Å². The van der Waals surface area contributed by atoms with Crippen LogP contribution in [-0.4, -0.2) is 34.5 Å². The Morgan fingerprint density at radius 2 is 1.57 bits per heavy atom. The van der Waals surface area contributed by atoms with Gasteiger partial charge in [0.15, 0.2) is 0 Å². The molecular weight excluding hydrogens is 404 g/mol. The van der Waals surface area contributed by atoms with Crippen molar-refractivity contribution in [2.75, 3.05) is 23.8 Å². The lowest BCUT2D eigenvalue weighted by Gasteiger charge is -2.22. The second-order valence-electron chi connectivity index (χ2n) is 6.33. The summed E-state index contributed by atoms with van der Waals surface area (Å²) >= 11 is 0. The minimum Gasteiger partial charge on any atom is -0.465 e. The molecule has 0 bridgehead atoms. The van der Waals surface area contributed by atoms with Crippen LogP contribution in [0.2, 0.25) is 0 Å². The summed E-state index contributed by atoms with van der Waals surface area (Å²) in [6.45, 7) is 0. The third kappa shape index (κ3) is 4.33. The molecule has 30 heavy (non-hydrogen) atoms. The smallest absolute Gasteiger partial charge is 0.337 e. The van der Waals surface area contributed by atoms with Crippen LogP contribution < -0.4 is 9.62 Å². The molecule has 0 saturated carbocycles. The number of esters is 1. The summed E-state index contributed by atoms with van der Waals surface area (Å²) in [6, 6.07) is 20.6. The van der Waals surface area contributed by atoms with Gasteiger partial charge in [0.25, 0.3) is 15.9 Å². The molecule has 0 fully saturated rings. The van der Waals surface area contributed by atoms with Gasteiger partial charge < -0.3 is 10.1 Å². The van der Waals surface area contributed by atoms with Crippen molar-refractivity contribution in [1.82, 2.24) is 0 Å². The van der Waals surface area contributed by atoms with Gasteiger partial charge in [-0.1, -0.05) is 36.4 Å². The Hall–Kier alpha value is -3.65. The van der Waals surface area contributed by atoms with Crippen LogP contribution >= 0.6 is 0 Å². The largest absolute Gasteiger partial charge is 0.465 e. The van der Waals surface area contributed by atoms with Crippen LogP contribution in [0.25, 0.3) is 0 Å². The van der Waals surface area contributed by atoms with Crippen molar-refractivity contribution in [3.8, 4) is 0 Å². The first-order valence-electron chi connectivity index (χ1n) is 8.97. The molecule has 0 saturated heterocycles. The molecule has 0 aliphatic heterocycles. The monoisotopic (exact) mass is 424 g/mol. The number of anilines is 2. The van der Waals surface area contributed by atoms with Gasteiger partial charge in [0.2, 0.25) is 0 Å². The molecular formula is C22H20N2O5S. The number of carbonyl (C=O) groups is 2. The fourth-order valence-electron chi connectivity index (χ4n) is 2.86. The molecule has 3 rings (SSSR count). The number of ether oxygens (including phenoxy) is 1. The number of rotatable bonds is 6. The van der Waals surface area contributed by atoms with Crippen LogP contribution in [0.1, 0.15) is 20.7 Å². The zero-order valence-corrected chi connectivity index (χ0v) is 17.2. The van der Waals surface area contributed by atoms with Gasteiger partial charge in [0.05, 0.1) is 28.8 Å². The normalized spacial score (nSPS) is 10.9. The number of methoxy groups -OCH3 is 1.